The smallest absolute Gasteiger partial charge is 0.457 e. The highest BCUT2D eigenvalue weighted by Crippen LogP contribution is 2.43. The number of hydrogen-bond acceptors (Lipinski definition) is 8. The van der Waals surface area contributed by atoms with E-state index in [-0.39, 0.29) is 13.0 Å². The van der Waals surface area contributed by atoms with Crippen LogP contribution in [0.2, 0.25) is 0 Å². The van der Waals surface area contributed by atoms with Crippen molar-refractivity contribution in [1.82, 2.24) is 0 Å². The van der Waals surface area contributed by atoms with Crippen molar-refractivity contribution in [3.8, 4) is 0 Å². The second-order valence-electron chi connectivity index (χ2n) is 13.3. The van der Waals surface area contributed by atoms with E-state index in [1.165, 1.54) is 32.1 Å². The van der Waals surface area contributed by atoms with Crippen molar-refractivity contribution in [2.24, 2.45) is 0 Å². The number of esters is 1. The summed E-state index contributed by atoms with van der Waals surface area (Å²) < 4.78 is 33.2. The number of ether oxygens (including phenoxy) is 2. The average molecular weight is 779 g/mol. The number of carbonyl (C=O) groups excluding carboxylic acids is 1. The molecule has 0 spiro atoms. The molecule has 0 aliphatic rings. The third-order valence-electron chi connectivity index (χ3n) is 8.06. The second kappa shape index (κ2) is 40.3. The molecule has 0 rings (SSSR count). The number of phosphoric ester groups is 1. The predicted octanol–water partition coefficient (Wildman–Crippen LogP) is 11.1. The molecular formula is C44H75O9P. The molecule has 0 heterocycles. The monoisotopic (exact) mass is 779 g/mol. The molecule has 0 aromatic heterocycles. The summed E-state index contributed by atoms with van der Waals surface area (Å²) in [6.45, 7) is 3.19. The zero-order chi connectivity index (χ0) is 39.6. The fourth-order valence-electron chi connectivity index (χ4n) is 4.95. The van der Waals surface area contributed by atoms with Gasteiger partial charge in [0.25, 0.3) is 0 Å². The van der Waals surface area contributed by atoms with E-state index in [2.05, 4.69) is 98.9 Å². The van der Waals surface area contributed by atoms with E-state index in [0.717, 1.165) is 83.5 Å². The van der Waals surface area contributed by atoms with E-state index in [9.17, 15) is 19.4 Å². The van der Waals surface area contributed by atoms with Gasteiger partial charge in [-0.2, -0.15) is 0 Å². The number of aliphatic hydroxyl groups is 2. The number of hydrogen-bond donors (Lipinski definition) is 3. The van der Waals surface area contributed by atoms with Crippen molar-refractivity contribution in [3.05, 3.63) is 85.1 Å². The van der Waals surface area contributed by atoms with Gasteiger partial charge in [-0.15, -0.1) is 0 Å². The van der Waals surface area contributed by atoms with E-state index in [0.29, 0.717) is 13.0 Å². The van der Waals surface area contributed by atoms with Crippen LogP contribution in [0.4, 0.5) is 0 Å². The lowest BCUT2D eigenvalue weighted by Crippen LogP contribution is -2.29. The second-order valence-corrected chi connectivity index (χ2v) is 14.7. The Kier molecular flexibility index (Phi) is 38.5. The lowest BCUT2D eigenvalue weighted by Gasteiger charge is -2.20. The quantitative estimate of drug-likeness (QED) is 0.0242. The van der Waals surface area contributed by atoms with Crippen molar-refractivity contribution >= 4 is 13.8 Å². The molecule has 3 unspecified atom stereocenters. The van der Waals surface area contributed by atoms with Crippen LogP contribution in [-0.2, 0) is 27.9 Å². The van der Waals surface area contributed by atoms with Crippen molar-refractivity contribution in [2.75, 3.05) is 33.0 Å². The molecule has 0 fully saturated rings. The summed E-state index contributed by atoms with van der Waals surface area (Å²) in [6, 6.07) is 0. The van der Waals surface area contributed by atoms with Gasteiger partial charge in [0.15, 0.2) is 0 Å². The van der Waals surface area contributed by atoms with E-state index >= 15 is 0 Å². The molecule has 0 saturated heterocycles. The van der Waals surface area contributed by atoms with Gasteiger partial charge in [0.2, 0.25) is 0 Å². The lowest BCUT2D eigenvalue weighted by molar-refractivity contribution is -0.154. The molecule has 3 N–H and O–H groups in total. The van der Waals surface area contributed by atoms with Gasteiger partial charge in [-0.05, 0) is 83.5 Å². The van der Waals surface area contributed by atoms with E-state index in [4.69, 9.17) is 23.6 Å². The Labute approximate surface area is 328 Å². The fraction of sp³-hybridized carbons (Fsp3) is 0.659. The van der Waals surface area contributed by atoms with Gasteiger partial charge >= 0.3 is 13.8 Å². The van der Waals surface area contributed by atoms with Crippen LogP contribution >= 0.6 is 7.82 Å². The van der Waals surface area contributed by atoms with Crippen LogP contribution in [0.5, 0.6) is 0 Å². The highest BCUT2D eigenvalue weighted by molar-refractivity contribution is 7.47. The van der Waals surface area contributed by atoms with Gasteiger partial charge < -0.3 is 24.6 Å². The molecule has 54 heavy (non-hydrogen) atoms. The number of unbranched alkanes of at least 4 members (excludes halogenated alkanes) is 10. The van der Waals surface area contributed by atoms with Gasteiger partial charge in [-0.1, -0.05) is 137 Å². The zero-order valence-corrected chi connectivity index (χ0v) is 34.5. The van der Waals surface area contributed by atoms with Gasteiger partial charge in [0.05, 0.1) is 26.4 Å². The third-order valence-corrected chi connectivity index (χ3v) is 9.02. The van der Waals surface area contributed by atoms with Crippen LogP contribution in [-0.4, -0.2) is 66.3 Å². The van der Waals surface area contributed by atoms with Crippen molar-refractivity contribution in [1.29, 1.82) is 0 Å². The maximum Gasteiger partial charge on any atom is 0.472 e. The molecule has 10 heteroatoms. The summed E-state index contributed by atoms with van der Waals surface area (Å²) in [5, 5.41) is 18.3. The zero-order valence-electron chi connectivity index (χ0n) is 33.7. The largest absolute Gasteiger partial charge is 0.472 e. The van der Waals surface area contributed by atoms with Gasteiger partial charge in [0.1, 0.15) is 12.2 Å². The van der Waals surface area contributed by atoms with Crippen LogP contribution in [0.25, 0.3) is 0 Å². The van der Waals surface area contributed by atoms with Crippen LogP contribution < -0.4 is 0 Å². The number of allylic oxidation sites excluding steroid dienone is 14. The molecule has 0 aliphatic carbocycles. The molecule has 0 saturated carbocycles. The molecule has 3 atom stereocenters. The lowest BCUT2D eigenvalue weighted by atomic mass is 10.1. The first-order chi connectivity index (χ1) is 26.3. The molecule has 0 amide bonds. The fourth-order valence-corrected chi connectivity index (χ4v) is 5.74. The Hall–Kier alpha value is -2.36. The van der Waals surface area contributed by atoms with E-state index in [1.54, 1.807) is 0 Å². The highest BCUT2D eigenvalue weighted by atomic mass is 31.2. The average Bonchev–Trinajstić information content (AvgIpc) is 3.16. The third kappa shape index (κ3) is 39.3. The van der Waals surface area contributed by atoms with Crippen LogP contribution in [0, 0.1) is 0 Å². The minimum Gasteiger partial charge on any atom is -0.457 e. The predicted molar refractivity (Wildman–Crippen MR) is 223 cm³/mol. The van der Waals surface area contributed by atoms with E-state index < -0.39 is 45.8 Å². The highest BCUT2D eigenvalue weighted by Gasteiger charge is 2.26. The first kappa shape index (κ1) is 51.6. The molecule has 0 radical (unpaired) electrons. The molecular weight excluding hydrogens is 703 g/mol. The van der Waals surface area contributed by atoms with Gasteiger partial charge in [-0.3, -0.25) is 13.8 Å². The minimum atomic E-state index is -4.54. The summed E-state index contributed by atoms with van der Waals surface area (Å²) in [6.07, 6.45) is 48.4. The molecule has 0 aliphatic heterocycles. The summed E-state index contributed by atoms with van der Waals surface area (Å²) in [4.78, 5) is 22.5. The SMILES string of the molecule is CC/C=C\C/C=C\C/C=C\C/C=C\C/C=C\C/C=C\CCCOCC(COP(=O)(O)OCC(O)CO)OC(=O)CCCCCCC/C=C\CCCCCC. The molecule has 0 aromatic rings. The Morgan fingerprint density at radius 2 is 1.06 bits per heavy atom. The minimum absolute atomic E-state index is 0.000870. The number of carbonyl (C=O) groups is 1. The van der Waals surface area contributed by atoms with Crippen LogP contribution in [0.15, 0.2) is 85.1 Å². The number of rotatable bonds is 38. The van der Waals surface area contributed by atoms with Crippen LogP contribution in [0.3, 0.4) is 0 Å². The Morgan fingerprint density at radius 3 is 1.61 bits per heavy atom. The standard InChI is InChI=1S/C44H75O9P/c1-3-5-7-9-11-13-15-17-18-19-20-21-22-23-25-27-29-31-33-35-37-50-40-43(41-52-54(48,49)51-39-42(46)38-45)53-44(47)36-34-32-30-28-26-24-16-14-12-10-8-6-4-2/h5,7,11,13-14,16-18,20-21,23,25,29,31,42-43,45-46H,3-4,6,8-10,12,15,19,22,24,26-28,30,32-41H2,1-2H3,(H,48,49)/b7-5-,13-11-,16-14-,18-17-,21-20-,25-23-,31-29-. The number of phosphoric acid groups is 1. The first-order valence-corrected chi connectivity index (χ1v) is 22.1. The van der Waals surface area contributed by atoms with Gasteiger partial charge in [0, 0.05) is 13.0 Å². The van der Waals surface area contributed by atoms with Crippen molar-refractivity contribution in [3.63, 3.8) is 0 Å². The summed E-state index contributed by atoms with van der Waals surface area (Å²) in [7, 11) is -4.54. The number of aliphatic hydroxyl groups excluding tert-OH is 2. The molecule has 9 nitrogen and oxygen atoms in total. The molecule has 0 bridgehead atoms. The topological polar surface area (TPSA) is 132 Å². The summed E-state index contributed by atoms with van der Waals surface area (Å²) in [5.74, 6) is -0.416. The Morgan fingerprint density at radius 1 is 0.593 bits per heavy atom. The van der Waals surface area contributed by atoms with Crippen LogP contribution in [0.1, 0.15) is 142 Å². The van der Waals surface area contributed by atoms with Crippen molar-refractivity contribution in [2.45, 2.75) is 154 Å². The van der Waals surface area contributed by atoms with Gasteiger partial charge in [-0.25, -0.2) is 4.57 Å². The summed E-state index contributed by atoms with van der Waals surface area (Å²) >= 11 is 0. The molecule has 0 aromatic carbocycles. The summed E-state index contributed by atoms with van der Waals surface area (Å²) in [5.41, 5.74) is 0. The maximum atomic E-state index is 12.6. The Bertz CT molecular complexity index is 1110. The van der Waals surface area contributed by atoms with Crippen molar-refractivity contribution < 1.29 is 43.0 Å². The normalized spacial score (nSPS) is 15.0. The maximum absolute atomic E-state index is 12.6. The Balaban J connectivity index is 4.34. The van der Waals surface area contributed by atoms with E-state index in [1.807, 2.05) is 0 Å². The molecule has 310 valence electrons. The first-order valence-electron chi connectivity index (χ1n) is 20.6.